The molecular formula is C12H18N2O2S. The van der Waals surface area contributed by atoms with Crippen molar-refractivity contribution in [1.82, 2.24) is 4.31 Å². The van der Waals surface area contributed by atoms with Gasteiger partial charge in [-0.25, -0.2) is 8.42 Å². The summed E-state index contributed by atoms with van der Waals surface area (Å²) >= 11 is 0. The van der Waals surface area contributed by atoms with Crippen LogP contribution in [0.1, 0.15) is 17.5 Å². The van der Waals surface area contributed by atoms with Gasteiger partial charge >= 0.3 is 0 Å². The maximum absolute atomic E-state index is 12.3. The summed E-state index contributed by atoms with van der Waals surface area (Å²) in [6, 6.07) is 5.21. The van der Waals surface area contributed by atoms with E-state index in [4.69, 9.17) is 5.73 Å². The zero-order chi connectivity index (χ0) is 12.6. The molecule has 1 heterocycles. The molecule has 0 spiro atoms. The molecule has 0 bridgehead atoms. The fourth-order valence-corrected chi connectivity index (χ4v) is 3.59. The highest BCUT2D eigenvalue weighted by Crippen LogP contribution is 2.22. The standard InChI is InChI=1S/C12H18N2O2S/c1-9-3-4-12(7-10(9)2)17(15,16)14-6-5-11(13)8-14/h3-4,7,11H,5-6,8,13H2,1-2H3/t11-/m0/s1. The van der Waals surface area contributed by atoms with Gasteiger partial charge in [0.25, 0.3) is 0 Å². The summed E-state index contributed by atoms with van der Waals surface area (Å²) in [5, 5.41) is 0. The van der Waals surface area contributed by atoms with Crippen LogP contribution in [0.25, 0.3) is 0 Å². The Kier molecular flexibility index (Phi) is 3.25. The van der Waals surface area contributed by atoms with Crippen molar-refractivity contribution in [2.45, 2.75) is 31.2 Å². The Balaban J connectivity index is 2.35. The lowest BCUT2D eigenvalue weighted by Gasteiger charge is -2.16. The van der Waals surface area contributed by atoms with E-state index < -0.39 is 10.0 Å². The summed E-state index contributed by atoms with van der Waals surface area (Å²) in [6.45, 7) is 4.84. The van der Waals surface area contributed by atoms with Crippen LogP contribution in [0.3, 0.4) is 0 Å². The highest BCUT2D eigenvalue weighted by Gasteiger charge is 2.30. The maximum atomic E-state index is 12.3. The number of sulfonamides is 1. The van der Waals surface area contributed by atoms with Crippen molar-refractivity contribution in [3.63, 3.8) is 0 Å². The predicted octanol–water partition coefficient (Wildman–Crippen LogP) is 1.03. The zero-order valence-corrected chi connectivity index (χ0v) is 11.0. The van der Waals surface area contributed by atoms with Crippen molar-refractivity contribution in [2.75, 3.05) is 13.1 Å². The minimum atomic E-state index is -3.36. The third-order valence-corrected chi connectivity index (χ3v) is 5.16. The molecular weight excluding hydrogens is 236 g/mol. The van der Waals surface area contributed by atoms with Gasteiger partial charge in [-0.2, -0.15) is 4.31 Å². The van der Waals surface area contributed by atoms with Gasteiger partial charge in [-0.1, -0.05) is 6.07 Å². The second-order valence-corrected chi connectivity index (χ2v) is 6.60. The summed E-state index contributed by atoms with van der Waals surface area (Å²) in [6.07, 6.45) is 0.740. The van der Waals surface area contributed by atoms with Gasteiger partial charge in [-0.3, -0.25) is 0 Å². The smallest absolute Gasteiger partial charge is 0.243 e. The zero-order valence-electron chi connectivity index (χ0n) is 10.2. The van der Waals surface area contributed by atoms with Gasteiger partial charge in [-0.05, 0) is 43.5 Å². The minimum Gasteiger partial charge on any atom is -0.326 e. The van der Waals surface area contributed by atoms with E-state index >= 15 is 0 Å². The quantitative estimate of drug-likeness (QED) is 0.857. The van der Waals surface area contributed by atoms with Crippen LogP contribution >= 0.6 is 0 Å². The Morgan fingerprint density at radius 1 is 1.29 bits per heavy atom. The third-order valence-electron chi connectivity index (χ3n) is 3.30. The van der Waals surface area contributed by atoms with Crippen LogP contribution < -0.4 is 5.73 Å². The van der Waals surface area contributed by atoms with Crippen LogP contribution in [0.15, 0.2) is 23.1 Å². The highest BCUT2D eigenvalue weighted by atomic mass is 32.2. The SMILES string of the molecule is Cc1ccc(S(=O)(=O)N2CC[C@H](N)C2)cc1C. The van der Waals surface area contributed by atoms with Crippen LogP contribution in [0.4, 0.5) is 0 Å². The number of hydrogen-bond acceptors (Lipinski definition) is 3. The average molecular weight is 254 g/mol. The lowest BCUT2D eigenvalue weighted by molar-refractivity contribution is 0.472. The molecule has 0 unspecified atom stereocenters. The second-order valence-electron chi connectivity index (χ2n) is 4.66. The first-order valence-electron chi connectivity index (χ1n) is 5.74. The van der Waals surface area contributed by atoms with E-state index in [1.165, 1.54) is 4.31 Å². The number of hydrogen-bond donors (Lipinski definition) is 1. The Morgan fingerprint density at radius 2 is 2.00 bits per heavy atom. The van der Waals surface area contributed by atoms with E-state index in [0.29, 0.717) is 18.0 Å². The summed E-state index contributed by atoms with van der Waals surface area (Å²) < 4.78 is 26.1. The first-order chi connectivity index (χ1) is 7.91. The first kappa shape index (κ1) is 12.5. The van der Waals surface area contributed by atoms with Crippen LogP contribution in [0, 0.1) is 13.8 Å². The number of rotatable bonds is 2. The van der Waals surface area contributed by atoms with Gasteiger partial charge in [0.2, 0.25) is 10.0 Å². The van der Waals surface area contributed by atoms with E-state index in [1.807, 2.05) is 19.9 Å². The lowest BCUT2D eigenvalue weighted by atomic mass is 10.1. The molecule has 1 aromatic rings. The number of benzene rings is 1. The normalized spacial score (nSPS) is 21.9. The molecule has 1 aliphatic rings. The number of aryl methyl sites for hydroxylation is 2. The molecule has 1 saturated heterocycles. The number of nitrogens with zero attached hydrogens (tertiary/aromatic N) is 1. The largest absolute Gasteiger partial charge is 0.326 e. The Morgan fingerprint density at radius 3 is 2.53 bits per heavy atom. The predicted molar refractivity (Wildman–Crippen MR) is 67.3 cm³/mol. The average Bonchev–Trinajstić information content (AvgIpc) is 2.69. The molecule has 1 aliphatic heterocycles. The molecule has 0 amide bonds. The van der Waals surface area contributed by atoms with Crippen LogP contribution in [-0.2, 0) is 10.0 Å². The molecule has 1 atom stereocenters. The van der Waals surface area contributed by atoms with E-state index in [1.54, 1.807) is 12.1 Å². The van der Waals surface area contributed by atoms with Crippen LogP contribution in [0.5, 0.6) is 0 Å². The van der Waals surface area contributed by atoms with Crippen molar-refractivity contribution >= 4 is 10.0 Å². The van der Waals surface area contributed by atoms with Crippen molar-refractivity contribution in [2.24, 2.45) is 5.73 Å². The minimum absolute atomic E-state index is 0.0312. The Hall–Kier alpha value is -0.910. The van der Waals surface area contributed by atoms with Gasteiger partial charge in [0, 0.05) is 19.1 Å². The summed E-state index contributed by atoms with van der Waals surface area (Å²) in [5.74, 6) is 0. The van der Waals surface area contributed by atoms with Gasteiger partial charge in [0.1, 0.15) is 0 Å². The molecule has 94 valence electrons. The molecule has 5 heteroatoms. The summed E-state index contributed by atoms with van der Waals surface area (Å²) in [5.41, 5.74) is 7.84. The molecule has 0 radical (unpaired) electrons. The number of nitrogens with two attached hydrogens (primary N) is 1. The summed E-state index contributed by atoms with van der Waals surface area (Å²) in [7, 11) is -3.36. The van der Waals surface area contributed by atoms with E-state index in [9.17, 15) is 8.42 Å². The summed E-state index contributed by atoms with van der Waals surface area (Å²) in [4.78, 5) is 0.370. The molecule has 1 fully saturated rings. The van der Waals surface area contributed by atoms with Gasteiger partial charge in [0.05, 0.1) is 4.90 Å². The maximum Gasteiger partial charge on any atom is 0.243 e. The second kappa shape index (κ2) is 4.40. The highest BCUT2D eigenvalue weighted by molar-refractivity contribution is 7.89. The van der Waals surface area contributed by atoms with Crippen molar-refractivity contribution in [3.8, 4) is 0 Å². The fourth-order valence-electron chi connectivity index (χ4n) is 2.00. The topological polar surface area (TPSA) is 63.4 Å². The van der Waals surface area contributed by atoms with E-state index in [2.05, 4.69) is 0 Å². The molecule has 17 heavy (non-hydrogen) atoms. The Bertz CT molecular complexity index is 525. The first-order valence-corrected chi connectivity index (χ1v) is 7.18. The van der Waals surface area contributed by atoms with Crippen molar-refractivity contribution in [3.05, 3.63) is 29.3 Å². The Labute approximate surface area is 102 Å². The van der Waals surface area contributed by atoms with Gasteiger partial charge < -0.3 is 5.73 Å². The van der Waals surface area contributed by atoms with Crippen molar-refractivity contribution in [1.29, 1.82) is 0 Å². The fraction of sp³-hybridized carbons (Fsp3) is 0.500. The molecule has 0 aromatic heterocycles. The molecule has 2 rings (SSSR count). The van der Waals surface area contributed by atoms with E-state index in [0.717, 1.165) is 17.5 Å². The monoisotopic (exact) mass is 254 g/mol. The van der Waals surface area contributed by atoms with Crippen molar-refractivity contribution < 1.29 is 8.42 Å². The van der Waals surface area contributed by atoms with Gasteiger partial charge in [-0.15, -0.1) is 0 Å². The van der Waals surface area contributed by atoms with E-state index in [-0.39, 0.29) is 6.04 Å². The molecule has 1 aromatic carbocycles. The van der Waals surface area contributed by atoms with Gasteiger partial charge in [0.15, 0.2) is 0 Å². The molecule has 4 nitrogen and oxygen atoms in total. The van der Waals surface area contributed by atoms with Crippen LogP contribution in [0.2, 0.25) is 0 Å². The molecule has 0 saturated carbocycles. The lowest BCUT2D eigenvalue weighted by Crippen LogP contribution is -2.32. The third kappa shape index (κ3) is 2.36. The molecule has 0 aliphatic carbocycles. The van der Waals surface area contributed by atoms with Crippen LogP contribution in [-0.4, -0.2) is 31.9 Å². The molecule has 2 N–H and O–H groups in total.